The van der Waals surface area contributed by atoms with E-state index >= 15 is 0 Å². The third-order valence-electron chi connectivity index (χ3n) is 6.35. The lowest BCUT2D eigenvalue weighted by Crippen LogP contribution is -2.47. The zero-order valence-electron chi connectivity index (χ0n) is 17.9. The van der Waals surface area contributed by atoms with Crippen molar-refractivity contribution in [1.82, 2.24) is 14.8 Å². The van der Waals surface area contributed by atoms with Crippen LogP contribution in [0.25, 0.3) is 11.1 Å². The number of nitrogen functional groups attached to an aromatic ring is 1. The molecule has 0 unspecified atom stereocenters. The van der Waals surface area contributed by atoms with E-state index in [-0.39, 0.29) is 0 Å². The molecule has 1 aromatic carbocycles. The number of aromatic nitrogens is 1. The number of likely N-dealkylation sites (N-methyl/N-ethyl adjacent to an activating group) is 1. The molecule has 6 heteroatoms. The molecule has 2 N–H and O–H groups in total. The van der Waals surface area contributed by atoms with Crippen LogP contribution in [0.2, 0.25) is 0 Å². The molecule has 2 aromatic rings. The van der Waals surface area contributed by atoms with E-state index in [1.807, 2.05) is 24.3 Å². The van der Waals surface area contributed by atoms with Crippen LogP contribution in [0.15, 0.2) is 24.3 Å². The van der Waals surface area contributed by atoms with Crippen LogP contribution < -0.4 is 10.5 Å². The lowest BCUT2D eigenvalue weighted by molar-refractivity contribution is 0.121. The molecular formula is C24H31N5O. The molecule has 6 nitrogen and oxygen atoms in total. The number of nitrogens with two attached hydrogens (primary N) is 1. The fourth-order valence-electron chi connectivity index (χ4n) is 4.53. The minimum Gasteiger partial charge on any atom is -0.492 e. The van der Waals surface area contributed by atoms with Crippen LogP contribution >= 0.6 is 0 Å². The van der Waals surface area contributed by atoms with Crippen LogP contribution in [0, 0.1) is 11.3 Å². The van der Waals surface area contributed by atoms with Crippen molar-refractivity contribution in [1.29, 1.82) is 5.26 Å². The Morgan fingerprint density at radius 3 is 2.47 bits per heavy atom. The van der Waals surface area contributed by atoms with Gasteiger partial charge in [0.2, 0.25) is 0 Å². The van der Waals surface area contributed by atoms with Crippen LogP contribution in [0.3, 0.4) is 0 Å². The normalized spacial score (nSPS) is 17.3. The van der Waals surface area contributed by atoms with E-state index < -0.39 is 0 Å². The summed E-state index contributed by atoms with van der Waals surface area (Å²) in [5.74, 6) is 1.21. The summed E-state index contributed by atoms with van der Waals surface area (Å²) in [5, 5.41) is 9.69. The third-order valence-corrected chi connectivity index (χ3v) is 6.35. The van der Waals surface area contributed by atoms with Gasteiger partial charge in [-0.2, -0.15) is 5.26 Å². The summed E-state index contributed by atoms with van der Waals surface area (Å²) in [5.41, 5.74) is 10.8. The minimum atomic E-state index is 0.344. The molecule has 4 rings (SSSR count). The molecule has 30 heavy (non-hydrogen) atoms. The van der Waals surface area contributed by atoms with Gasteiger partial charge in [0, 0.05) is 44.0 Å². The minimum absolute atomic E-state index is 0.344. The van der Waals surface area contributed by atoms with E-state index in [4.69, 9.17) is 10.5 Å². The highest BCUT2D eigenvalue weighted by Crippen LogP contribution is 2.36. The maximum absolute atomic E-state index is 9.69. The quantitative estimate of drug-likeness (QED) is 0.796. The number of piperazine rings is 1. The zero-order valence-corrected chi connectivity index (χ0v) is 17.9. The maximum atomic E-state index is 9.69. The van der Waals surface area contributed by atoms with Gasteiger partial charge in [-0.25, -0.2) is 4.98 Å². The highest BCUT2D eigenvalue weighted by atomic mass is 16.5. The number of hydrogen-bond acceptors (Lipinski definition) is 6. The van der Waals surface area contributed by atoms with Gasteiger partial charge >= 0.3 is 0 Å². The monoisotopic (exact) mass is 405 g/mol. The first-order valence-corrected chi connectivity index (χ1v) is 11.1. The van der Waals surface area contributed by atoms with Crippen LogP contribution in [-0.4, -0.2) is 60.7 Å². The second-order valence-electron chi connectivity index (χ2n) is 8.14. The third kappa shape index (κ3) is 4.43. The molecule has 1 aliphatic carbocycles. The Morgan fingerprint density at radius 2 is 1.77 bits per heavy atom. The molecule has 1 aromatic heterocycles. The second kappa shape index (κ2) is 9.46. The molecule has 0 atom stereocenters. The van der Waals surface area contributed by atoms with Crippen molar-refractivity contribution < 1.29 is 4.74 Å². The van der Waals surface area contributed by atoms with Crippen LogP contribution in [-0.2, 0) is 12.8 Å². The van der Waals surface area contributed by atoms with Gasteiger partial charge in [0.15, 0.2) is 0 Å². The average molecular weight is 406 g/mol. The smallest absolute Gasteiger partial charge is 0.142 e. The Labute approximate surface area is 179 Å². The number of rotatable bonds is 6. The largest absolute Gasteiger partial charge is 0.492 e. The summed E-state index contributed by atoms with van der Waals surface area (Å²) >= 11 is 0. The first-order valence-electron chi connectivity index (χ1n) is 11.1. The lowest BCUT2D eigenvalue weighted by atomic mass is 9.86. The van der Waals surface area contributed by atoms with Gasteiger partial charge in [-0.3, -0.25) is 4.90 Å². The predicted molar refractivity (Wildman–Crippen MR) is 119 cm³/mol. The molecule has 0 spiro atoms. The van der Waals surface area contributed by atoms with E-state index in [1.165, 1.54) is 5.56 Å². The summed E-state index contributed by atoms with van der Waals surface area (Å²) in [4.78, 5) is 9.45. The topological polar surface area (TPSA) is 78.4 Å². The number of anilines is 1. The number of benzene rings is 1. The lowest BCUT2D eigenvalue weighted by Gasteiger charge is -2.33. The molecule has 1 aliphatic heterocycles. The van der Waals surface area contributed by atoms with Crippen molar-refractivity contribution in [2.24, 2.45) is 0 Å². The molecule has 158 valence electrons. The van der Waals surface area contributed by atoms with Gasteiger partial charge in [0.05, 0.1) is 0 Å². The van der Waals surface area contributed by atoms with Crippen LogP contribution in [0.4, 0.5) is 5.82 Å². The SMILES string of the molecule is CCN1CCN(CCOc2ccc(-c3c(C#N)c(N)nc4c3CCCC4)cc2)CC1. The van der Waals surface area contributed by atoms with Crippen molar-refractivity contribution in [2.75, 3.05) is 51.6 Å². The number of pyridine rings is 1. The number of hydrogen-bond donors (Lipinski definition) is 1. The summed E-state index contributed by atoms with van der Waals surface area (Å²) in [7, 11) is 0. The molecule has 0 amide bonds. The van der Waals surface area contributed by atoms with Crippen molar-refractivity contribution >= 4 is 5.82 Å². The van der Waals surface area contributed by atoms with Crippen molar-refractivity contribution in [2.45, 2.75) is 32.6 Å². The van der Waals surface area contributed by atoms with Crippen molar-refractivity contribution in [3.8, 4) is 22.9 Å². The number of fused-ring (bicyclic) bond motifs is 1. The van der Waals surface area contributed by atoms with Crippen molar-refractivity contribution in [3.63, 3.8) is 0 Å². The van der Waals surface area contributed by atoms with Gasteiger partial charge in [-0.1, -0.05) is 19.1 Å². The van der Waals surface area contributed by atoms with Gasteiger partial charge in [0.25, 0.3) is 0 Å². The highest BCUT2D eigenvalue weighted by Gasteiger charge is 2.22. The van der Waals surface area contributed by atoms with E-state index in [0.717, 1.165) is 87.5 Å². The van der Waals surface area contributed by atoms with E-state index in [9.17, 15) is 5.26 Å². The van der Waals surface area contributed by atoms with Crippen LogP contribution in [0.5, 0.6) is 5.75 Å². The van der Waals surface area contributed by atoms with Gasteiger partial charge in [-0.05, 0) is 55.5 Å². The fourth-order valence-corrected chi connectivity index (χ4v) is 4.53. The summed E-state index contributed by atoms with van der Waals surface area (Å²) in [6.45, 7) is 9.51. The summed E-state index contributed by atoms with van der Waals surface area (Å²) < 4.78 is 5.99. The van der Waals surface area contributed by atoms with Crippen LogP contribution in [0.1, 0.15) is 36.6 Å². The molecule has 2 aliphatic rings. The standard InChI is InChI=1S/C24H31N5O/c1-2-28-11-13-29(14-12-28)15-16-30-19-9-7-18(8-10-19)23-20-5-3-4-6-22(20)27-24(26)21(23)17-25/h7-10H,2-6,11-16H2,1H3,(H2,26,27). The first-order chi connectivity index (χ1) is 14.7. The van der Waals surface area contributed by atoms with Gasteiger partial charge in [-0.15, -0.1) is 0 Å². The number of nitriles is 1. The number of nitrogens with zero attached hydrogens (tertiary/aromatic N) is 4. The average Bonchev–Trinajstić information content (AvgIpc) is 2.79. The highest BCUT2D eigenvalue weighted by molar-refractivity contribution is 5.79. The summed E-state index contributed by atoms with van der Waals surface area (Å²) in [6.07, 6.45) is 4.15. The van der Waals surface area contributed by atoms with Crippen molar-refractivity contribution in [3.05, 3.63) is 41.1 Å². The Morgan fingerprint density at radius 1 is 1.07 bits per heavy atom. The molecule has 0 bridgehead atoms. The fraction of sp³-hybridized carbons (Fsp3) is 0.500. The Hall–Kier alpha value is -2.62. The van der Waals surface area contributed by atoms with E-state index in [1.54, 1.807) is 0 Å². The number of aryl methyl sites for hydroxylation is 1. The molecular weight excluding hydrogens is 374 g/mol. The maximum Gasteiger partial charge on any atom is 0.142 e. The second-order valence-corrected chi connectivity index (χ2v) is 8.14. The van der Waals surface area contributed by atoms with Gasteiger partial charge in [0.1, 0.15) is 29.8 Å². The van der Waals surface area contributed by atoms with E-state index in [2.05, 4.69) is 27.8 Å². The molecule has 1 saturated heterocycles. The molecule has 2 heterocycles. The Kier molecular flexibility index (Phi) is 6.51. The molecule has 0 radical (unpaired) electrons. The Balaban J connectivity index is 1.43. The zero-order chi connectivity index (χ0) is 20.9. The summed E-state index contributed by atoms with van der Waals surface area (Å²) in [6, 6.07) is 10.4. The Bertz CT molecular complexity index is 911. The molecule has 1 fully saturated rings. The number of ether oxygens (including phenoxy) is 1. The van der Waals surface area contributed by atoms with E-state index in [0.29, 0.717) is 18.0 Å². The first kappa shape index (κ1) is 20.6. The van der Waals surface area contributed by atoms with Gasteiger partial charge < -0.3 is 15.4 Å². The predicted octanol–water partition coefficient (Wildman–Crippen LogP) is 3.10. The molecule has 0 saturated carbocycles.